The Balaban J connectivity index is 2.04. The van der Waals surface area contributed by atoms with Crippen molar-refractivity contribution in [2.45, 2.75) is 32.1 Å². The maximum absolute atomic E-state index is 10.7. The Morgan fingerprint density at radius 3 is 3.00 bits per heavy atom. The molecule has 0 bridgehead atoms. The summed E-state index contributed by atoms with van der Waals surface area (Å²) >= 11 is 4.88. The van der Waals surface area contributed by atoms with Gasteiger partial charge in [-0.2, -0.15) is 0 Å². The maximum atomic E-state index is 10.7. The van der Waals surface area contributed by atoms with Crippen molar-refractivity contribution in [2.24, 2.45) is 0 Å². The molecule has 1 aromatic rings. The molecule has 0 atom stereocenters. The molecular formula is C11H15BrN2O2S. The number of carbonyl (C=O) groups is 1. The lowest BCUT2D eigenvalue weighted by Gasteiger charge is -1.97. The minimum absolute atomic E-state index is 0.312. The molecule has 0 unspecified atom stereocenters. The lowest BCUT2D eigenvalue weighted by atomic mass is 10.1. The molecule has 0 saturated heterocycles. The van der Waals surface area contributed by atoms with Crippen molar-refractivity contribution >= 4 is 39.2 Å². The van der Waals surface area contributed by atoms with Crippen LogP contribution in [-0.4, -0.2) is 16.1 Å². The fraction of sp³-hybridized carbons (Fsp3) is 0.455. The maximum Gasteiger partial charge on any atom is 0.243 e. The van der Waals surface area contributed by atoms with Crippen molar-refractivity contribution in [3.8, 4) is 0 Å². The van der Waals surface area contributed by atoms with Gasteiger partial charge in [0.05, 0.1) is 5.69 Å². The zero-order chi connectivity index (χ0) is 12.5. The quantitative estimate of drug-likeness (QED) is 0.460. The van der Waals surface area contributed by atoms with Crippen molar-refractivity contribution in [1.29, 1.82) is 0 Å². The van der Waals surface area contributed by atoms with Gasteiger partial charge < -0.3 is 0 Å². The molecule has 0 fully saturated rings. The number of hydroxylamine groups is 1. The molecular weight excluding hydrogens is 304 g/mol. The number of allylic oxidation sites excluding steroid dienone is 1. The first-order chi connectivity index (χ1) is 8.22. The normalized spacial score (nSPS) is 10.9. The fourth-order valence-electron chi connectivity index (χ4n) is 1.32. The van der Waals surface area contributed by atoms with Gasteiger partial charge in [-0.1, -0.05) is 12.5 Å². The van der Waals surface area contributed by atoms with Gasteiger partial charge in [0, 0.05) is 11.8 Å². The van der Waals surface area contributed by atoms with Gasteiger partial charge in [-0.15, -0.1) is 11.3 Å². The first-order valence-electron chi connectivity index (χ1n) is 5.43. The Hall–Kier alpha value is -0.720. The predicted molar refractivity (Wildman–Crippen MR) is 71.9 cm³/mol. The largest absolute Gasteiger partial charge is 0.289 e. The molecule has 1 aromatic heterocycles. The molecule has 0 aromatic carbocycles. The standard InChI is InChI=1S/C11H15BrN2O2S/c12-11-13-9(8-17-11)6-4-2-1-3-5-7-10(15)14-16/h4,6,8,16H,1-3,5,7H2,(H,14,15)/b6-4+. The lowest BCUT2D eigenvalue weighted by molar-refractivity contribution is -0.129. The number of hydrogen-bond donors (Lipinski definition) is 2. The van der Waals surface area contributed by atoms with Crippen molar-refractivity contribution < 1.29 is 10.0 Å². The molecule has 6 heteroatoms. The summed E-state index contributed by atoms with van der Waals surface area (Å²) < 4.78 is 0.896. The Kier molecular flexibility index (Phi) is 7.07. The highest BCUT2D eigenvalue weighted by Gasteiger charge is 1.97. The number of hydrogen-bond acceptors (Lipinski definition) is 4. The van der Waals surface area contributed by atoms with Crippen LogP contribution in [0.2, 0.25) is 0 Å². The molecule has 4 nitrogen and oxygen atoms in total. The van der Waals surface area contributed by atoms with E-state index in [4.69, 9.17) is 5.21 Å². The van der Waals surface area contributed by atoms with Gasteiger partial charge in [-0.05, 0) is 41.3 Å². The summed E-state index contributed by atoms with van der Waals surface area (Å²) in [6.45, 7) is 0. The van der Waals surface area contributed by atoms with Crippen molar-refractivity contribution in [3.05, 3.63) is 21.1 Å². The molecule has 0 saturated carbocycles. The van der Waals surface area contributed by atoms with Crippen LogP contribution in [0.1, 0.15) is 37.8 Å². The minimum Gasteiger partial charge on any atom is -0.289 e. The van der Waals surface area contributed by atoms with Gasteiger partial charge in [-0.3, -0.25) is 10.0 Å². The summed E-state index contributed by atoms with van der Waals surface area (Å²) in [6.07, 6.45) is 8.30. The topological polar surface area (TPSA) is 62.2 Å². The number of carbonyl (C=O) groups excluding carboxylic acids is 1. The number of unbranched alkanes of at least 4 members (excludes halogenated alkanes) is 3. The predicted octanol–water partition coefficient (Wildman–Crippen LogP) is 3.37. The second-order valence-corrected chi connectivity index (χ2v) is 5.70. The average molecular weight is 319 g/mol. The summed E-state index contributed by atoms with van der Waals surface area (Å²) in [4.78, 5) is 14.9. The molecule has 1 rings (SSSR count). The zero-order valence-electron chi connectivity index (χ0n) is 9.36. The molecule has 2 N–H and O–H groups in total. The monoisotopic (exact) mass is 318 g/mol. The molecule has 0 aliphatic heterocycles. The highest BCUT2D eigenvalue weighted by atomic mass is 79.9. The van der Waals surface area contributed by atoms with Crippen LogP contribution in [0.3, 0.4) is 0 Å². The van der Waals surface area contributed by atoms with Crippen LogP contribution >= 0.6 is 27.3 Å². The van der Waals surface area contributed by atoms with Gasteiger partial charge in [-0.25, -0.2) is 10.5 Å². The molecule has 0 aliphatic rings. The average Bonchev–Trinajstić information content (AvgIpc) is 2.73. The second kappa shape index (κ2) is 8.38. The van der Waals surface area contributed by atoms with E-state index in [0.29, 0.717) is 6.42 Å². The lowest BCUT2D eigenvalue weighted by Crippen LogP contribution is -2.17. The third kappa shape index (κ3) is 6.55. The number of thiazole rings is 1. The highest BCUT2D eigenvalue weighted by Crippen LogP contribution is 2.17. The zero-order valence-corrected chi connectivity index (χ0v) is 11.8. The van der Waals surface area contributed by atoms with Crippen molar-refractivity contribution in [2.75, 3.05) is 0 Å². The molecule has 0 aliphatic carbocycles. The number of aromatic nitrogens is 1. The van der Waals surface area contributed by atoms with E-state index in [0.717, 1.165) is 35.3 Å². The summed E-state index contributed by atoms with van der Waals surface area (Å²) in [6, 6.07) is 0. The summed E-state index contributed by atoms with van der Waals surface area (Å²) in [5, 5.41) is 10.3. The van der Waals surface area contributed by atoms with Gasteiger partial charge in [0.2, 0.25) is 5.91 Å². The molecule has 17 heavy (non-hydrogen) atoms. The van der Waals surface area contributed by atoms with E-state index < -0.39 is 0 Å². The van der Waals surface area contributed by atoms with Crippen molar-refractivity contribution in [1.82, 2.24) is 10.5 Å². The molecule has 0 radical (unpaired) electrons. The van der Waals surface area contributed by atoms with Gasteiger partial charge in [0.15, 0.2) is 3.92 Å². The smallest absolute Gasteiger partial charge is 0.243 e. The van der Waals surface area contributed by atoms with Crippen LogP contribution in [0.4, 0.5) is 0 Å². The van der Waals surface area contributed by atoms with Crippen LogP contribution < -0.4 is 5.48 Å². The third-order valence-corrected chi connectivity index (χ3v) is 3.57. The fourth-order valence-corrected chi connectivity index (χ4v) is 2.32. The van der Waals surface area contributed by atoms with Crippen LogP contribution in [0.25, 0.3) is 6.08 Å². The number of halogens is 1. The van der Waals surface area contributed by atoms with E-state index in [1.807, 2.05) is 11.5 Å². The number of amides is 1. The first kappa shape index (κ1) is 14.3. The third-order valence-electron chi connectivity index (χ3n) is 2.18. The highest BCUT2D eigenvalue weighted by molar-refractivity contribution is 9.11. The molecule has 94 valence electrons. The van der Waals surface area contributed by atoms with Crippen LogP contribution in [0, 0.1) is 0 Å². The summed E-state index contributed by atoms with van der Waals surface area (Å²) in [7, 11) is 0. The van der Waals surface area contributed by atoms with Gasteiger partial charge >= 0.3 is 0 Å². The Bertz CT molecular complexity index is 379. The van der Waals surface area contributed by atoms with Crippen LogP contribution in [0.5, 0.6) is 0 Å². The Labute approximate surface area is 113 Å². The van der Waals surface area contributed by atoms with E-state index in [1.54, 1.807) is 16.8 Å². The summed E-state index contributed by atoms with van der Waals surface area (Å²) in [5.74, 6) is -0.312. The SMILES string of the molecule is O=C(CCCCC/C=C/c1csc(Br)n1)NO. The van der Waals surface area contributed by atoms with Crippen LogP contribution in [0.15, 0.2) is 15.4 Å². The van der Waals surface area contributed by atoms with Crippen molar-refractivity contribution in [3.63, 3.8) is 0 Å². The van der Waals surface area contributed by atoms with Gasteiger partial charge in [0.1, 0.15) is 0 Å². The van der Waals surface area contributed by atoms with E-state index in [9.17, 15) is 4.79 Å². The number of rotatable bonds is 7. The van der Waals surface area contributed by atoms with E-state index >= 15 is 0 Å². The molecule has 1 amide bonds. The Morgan fingerprint density at radius 2 is 2.35 bits per heavy atom. The molecule has 1 heterocycles. The number of nitrogens with one attached hydrogen (secondary N) is 1. The van der Waals surface area contributed by atoms with E-state index in [1.165, 1.54) is 0 Å². The van der Waals surface area contributed by atoms with Gasteiger partial charge in [0.25, 0.3) is 0 Å². The second-order valence-electron chi connectivity index (χ2n) is 3.56. The van der Waals surface area contributed by atoms with E-state index in [-0.39, 0.29) is 5.91 Å². The van der Waals surface area contributed by atoms with E-state index in [2.05, 4.69) is 27.0 Å². The first-order valence-corrected chi connectivity index (χ1v) is 7.10. The van der Waals surface area contributed by atoms with Crippen LogP contribution in [-0.2, 0) is 4.79 Å². The molecule has 0 spiro atoms. The summed E-state index contributed by atoms with van der Waals surface area (Å²) in [5.41, 5.74) is 2.60. The minimum atomic E-state index is -0.312. The number of nitrogens with zero attached hydrogens (tertiary/aromatic N) is 1. The Morgan fingerprint density at radius 1 is 1.53 bits per heavy atom.